The summed E-state index contributed by atoms with van der Waals surface area (Å²) in [7, 11) is 0. The van der Waals surface area contributed by atoms with Crippen molar-refractivity contribution in [2.75, 3.05) is 23.4 Å². The molecule has 3 aromatic carbocycles. The zero-order valence-electron chi connectivity index (χ0n) is 20.0. The lowest BCUT2D eigenvalue weighted by Crippen LogP contribution is -2.28. The molecule has 1 fully saturated rings. The number of hydrogen-bond acceptors (Lipinski definition) is 5. The predicted molar refractivity (Wildman–Crippen MR) is 134 cm³/mol. The third kappa shape index (κ3) is 5.87. The fourth-order valence-electron chi connectivity index (χ4n) is 3.88. The van der Waals surface area contributed by atoms with Gasteiger partial charge >= 0.3 is 5.97 Å². The van der Waals surface area contributed by atoms with E-state index in [0.717, 1.165) is 22.4 Å². The van der Waals surface area contributed by atoms with E-state index in [9.17, 15) is 14.4 Å². The second-order valence-electron chi connectivity index (χ2n) is 8.72. The molecule has 0 saturated carbocycles. The molecule has 0 aliphatic carbocycles. The zero-order chi connectivity index (χ0) is 24.9. The Hall–Kier alpha value is -4.13. The highest BCUT2D eigenvalue weighted by molar-refractivity contribution is 6.00. The lowest BCUT2D eigenvalue weighted by Gasteiger charge is -2.17. The Morgan fingerprint density at radius 2 is 1.60 bits per heavy atom. The lowest BCUT2D eigenvalue weighted by atomic mass is 10.1. The van der Waals surface area contributed by atoms with Crippen LogP contribution < -0.4 is 15.0 Å². The van der Waals surface area contributed by atoms with Gasteiger partial charge in [0.2, 0.25) is 5.91 Å². The third-order valence-corrected chi connectivity index (χ3v) is 6.09. The van der Waals surface area contributed by atoms with E-state index in [2.05, 4.69) is 5.32 Å². The minimum absolute atomic E-state index is 0.0407. The second-order valence-corrected chi connectivity index (χ2v) is 8.72. The fourth-order valence-corrected chi connectivity index (χ4v) is 3.88. The normalized spacial score (nSPS) is 15.1. The van der Waals surface area contributed by atoms with Gasteiger partial charge in [-0.15, -0.1) is 0 Å². The molecule has 0 spiro atoms. The minimum Gasteiger partial charge on any atom is -0.457 e. The van der Waals surface area contributed by atoms with Gasteiger partial charge in [-0.3, -0.25) is 14.4 Å². The summed E-state index contributed by atoms with van der Waals surface area (Å²) in [4.78, 5) is 38.9. The highest BCUT2D eigenvalue weighted by Crippen LogP contribution is 2.29. The number of nitrogens with one attached hydrogen (secondary N) is 1. The molecule has 180 valence electrons. The number of carbonyl (C=O) groups excluding carboxylic acids is 3. The van der Waals surface area contributed by atoms with Crippen LogP contribution in [0.25, 0.3) is 0 Å². The van der Waals surface area contributed by atoms with Crippen LogP contribution in [-0.4, -0.2) is 30.9 Å². The monoisotopic (exact) mass is 472 g/mol. The van der Waals surface area contributed by atoms with Gasteiger partial charge in [0.25, 0.3) is 5.91 Å². The first kappa shape index (κ1) is 24.0. The number of amides is 2. The molecule has 0 bridgehead atoms. The number of anilines is 2. The summed E-state index contributed by atoms with van der Waals surface area (Å²) < 4.78 is 11.0. The van der Waals surface area contributed by atoms with E-state index in [1.165, 1.54) is 0 Å². The van der Waals surface area contributed by atoms with E-state index < -0.39 is 24.4 Å². The van der Waals surface area contributed by atoms with Crippen molar-refractivity contribution in [2.24, 2.45) is 5.92 Å². The summed E-state index contributed by atoms with van der Waals surface area (Å²) >= 11 is 0. The molecule has 7 heteroatoms. The number of nitrogens with zero attached hydrogens (tertiary/aromatic N) is 1. The van der Waals surface area contributed by atoms with E-state index in [-0.39, 0.29) is 18.9 Å². The summed E-state index contributed by atoms with van der Waals surface area (Å²) in [5.74, 6) is -0.396. The first-order valence-electron chi connectivity index (χ1n) is 11.5. The van der Waals surface area contributed by atoms with E-state index in [1.807, 2.05) is 57.2 Å². The van der Waals surface area contributed by atoms with Gasteiger partial charge in [0.15, 0.2) is 6.61 Å². The van der Waals surface area contributed by atoms with Crippen LogP contribution in [0.3, 0.4) is 0 Å². The summed E-state index contributed by atoms with van der Waals surface area (Å²) in [6, 6.07) is 20.5. The largest absolute Gasteiger partial charge is 0.457 e. The Labute approximate surface area is 204 Å². The molecule has 2 amide bonds. The van der Waals surface area contributed by atoms with Crippen LogP contribution in [0.1, 0.15) is 23.1 Å². The molecule has 1 aliphatic rings. The van der Waals surface area contributed by atoms with Crippen molar-refractivity contribution in [1.29, 1.82) is 0 Å². The number of esters is 1. The van der Waals surface area contributed by atoms with Crippen LogP contribution in [-0.2, 0) is 19.1 Å². The van der Waals surface area contributed by atoms with Crippen LogP contribution in [0.4, 0.5) is 11.4 Å². The molecule has 3 aromatic rings. The van der Waals surface area contributed by atoms with Crippen molar-refractivity contribution in [1.82, 2.24) is 0 Å². The van der Waals surface area contributed by atoms with Crippen molar-refractivity contribution >= 4 is 29.2 Å². The maximum atomic E-state index is 12.6. The molecular weight excluding hydrogens is 444 g/mol. The van der Waals surface area contributed by atoms with Crippen molar-refractivity contribution in [3.05, 3.63) is 83.4 Å². The van der Waals surface area contributed by atoms with Gasteiger partial charge < -0.3 is 19.7 Å². The van der Waals surface area contributed by atoms with Crippen LogP contribution in [0.5, 0.6) is 11.5 Å². The van der Waals surface area contributed by atoms with Crippen LogP contribution in [0.15, 0.2) is 66.7 Å². The first-order chi connectivity index (χ1) is 16.8. The van der Waals surface area contributed by atoms with Crippen LogP contribution in [0.2, 0.25) is 0 Å². The number of aryl methyl sites for hydroxylation is 2. The van der Waals surface area contributed by atoms with Gasteiger partial charge in [0.1, 0.15) is 11.5 Å². The summed E-state index contributed by atoms with van der Waals surface area (Å²) in [5, 5.41) is 2.76. The molecule has 1 saturated heterocycles. The molecule has 35 heavy (non-hydrogen) atoms. The molecule has 1 aliphatic heterocycles. The van der Waals surface area contributed by atoms with Gasteiger partial charge in [0.05, 0.1) is 5.92 Å². The highest BCUT2D eigenvalue weighted by atomic mass is 16.5. The summed E-state index contributed by atoms with van der Waals surface area (Å²) in [6.07, 6.45) is 0.0407. The molecule has 1 atom stereocenters. The molecule has 4 rings (SSSR count). The van der Waals surface area contributed by atoms with Gasteiger partial charge in [-0.05, 0) is 74.4 Å². The SMILES string of the molecule is Cc1ccc(Oc2ccc(N3C[C@@H](C(=O)OCC(=O)Nc4cccc(C)c4C)CC3=O)cc2)cc1. The number of hydrogen-bond donors (Lipinski definition) is 1. The fraction of sp³-hybridized carbons (Fsp3) is 0.250. The van der Waals surface area contributed by atoms with Crippen molar-refractivity contribution in [3.8, 4) is 11.5 Å². The Morgan fingerprint density at radius 3 is 2.29 bits per heavy atom. The molecule has 1 N–H and O–H groups in total. The topological polar surface area (TPSA) is 84.9 Å². The van der Waals surface area contributed by atoms with Gasteiger partial charge in [-0.25, -0.2) is 0 Å². The van der Waals surface area contributed by atoms with Crippen molar-refractivity contribution in [2.45, 2.75) is 27.2 Å². The van der Waals surface area contributed by atoms with Crippen molar-refractivity contribution in [3.63, 3.8) is 0 Å². The van der Waals surface area contributed by atoms with E-state index in [1.54, 1.807) is 35.2 Å². The summed E-state index contributed by atoms with van der Waals surface area (Å²) in [6.45, 7) is 5.68. The molecule has 0 radical (unpaired) electrons. The minimum atomic E-state index is -0.625. The van der Waals surface area contributed by atoms with E-state index in [4.69, 9.17) is 9.47 Å². The predicted octanol–water partition coefficient (Wildman–Crippen LogP) is 4.94. The quantitative estimate of drug-likeness (QED) is 0.493. The molecule has 0 aromatic heterocycles. The van der Waals surface area contributed by atoms with Gasteiger partial charge in [-0.1, -0.05) is 29.8 Å². The maximum absolute atomic E-state index is 12.6. The standard InChI is InChI=1S/C28H28N2O5/c1-18-7-11-23(12-8-18)35-24-13-9-22(10-14-24)30-16-21(15-27(30)32)28(33)34-17-26(31)29-25-6-4-5-19(2)20(25)3/h4-14,21H,15-17H2,1-3H3,(H,29,31)/t21-/m0/s1. The third-order valence-electron chi connectivity index (χ3n) is 6.09. The Kier molecular flexibility index (Phi) is 7.15. The zero-order valence-corrected chi connectivity index (χ0v) is 20.0. The average Bonchev–Trinajstić information content (AvgIpc) is 3.24. The number of ether oxygens (including phenoxy) is 2. The molecule has 1 heterocycles. The first-order valence-corrected chi connectivity index (χ1v) is 11.5. The average molecular weight is 473 g/mol. The molecular formula is C28H28N2O5. The molecule has 7 nitrogen and oxygen atoms in total. The van der Waals surface area contributed by atoms with Gasteiger partial charge in [-0.2, -0.15) is 0 Å². The number of benzene rings is 3. The van der Waals surface area contributed by atoms with Crippen LogP contribution >= 0.6 is 0 Å². The maximum Gasteiger partial charge on any atom is 0.311 e. The second kappa shape index (κ2) is 10.4. The van der Waals surface area contributed by atoms with E-state index >= 15 is 0 Å². The smallest absolute Gasteiger partial charge is 0.311 e. The van der Waals surface area contributed by atoms with Gasteiger partial charge in [0, 0.05) is 24.3 Å². The van der Waals surface area contributed by atoms with Crippen LogP contribution in [0, 0.1) is 26.7 Å². The Morgan fingerprint density at radius 1 is 0.943 bits per heavy atom. The Balaban J connectivity index is 1.30. The van der Waals surface area contributed by atoms with Crippen molar-refractivity contribution < 1.29 is 23.9 Å². The van der Waals surface area contributed by atoms with E-state index in [0.29, 0.717) is 17.1 Å². The summed E-state index contributed by atoms with van der Waals surface area (Å²) in [5.41, 5.74) is 4.52. The lowest BCUT2D eigenvalue weighted by molar-refractivity contribution is -0.151. The highest BCUT2D eigenvalue weighted by Gasteiger charge is 2.36. The number of rotatable bonds is 7. The number of carbonyl (C=O) groups is 3. The molecule has 0 unspecified atom stereocenters. The Bertz CT molecular complexity index is 1240.